The Kier molecular flexibility index (Phi) is 10.3. The predicted molar refractivity (Wildman–Crippen MR) is 152 cm³/mol. The van der Waals surface area contributed by atoms with Crippen molar-refractivity contribution in [1.82, 2.24) is 16.0 Å². The van der Waals surface area contributed by atoms with E-state index in [1.807, 2.05) is 30.3 Å². The second-order valence-electron chi connectivity index (χ2n) is 9.97. The third kappa shape index (κ3) is 8.13. The zero-order chi connectivity index (χ0) is 28.7. The first kappa shape index (κ1) is 30.3. The SMILES string of the molecule is C[C@@H](c1ccccc1)[C@H]1NC(=O)C(NC(=O)[C@@H](N)Cc2ccc(O)cc2)CSSC(C)(C)[C@H](C(=O)O)NC1=O. The van der Waals surface area contributed by atoms with Crippen molar-refractivity contribution in [2.24, 2.45) is 5.73 Å². The van der Waals surface area contributed by atoms with E-state index in [2.05, 4.69) is 16.0 Å². The van der Waals surface area contributed by atoms with Crippen LogP contribution in [0.5, 0.6) is 5.75 Å². The summed E-state index contributed by atoms with van der Waals surface area (Å²) in [5, 5.41) is 27.4. The maximum Gasteiger partial charge on any atom is 0.327 e. The Balaban J connectivity index is 1.86. The summed E-state index contributed by atoms with van der Waals surface area (Å²) in [6.07, 6.45) is 0.186. The molecule has 12 heteroatoms. The van der Waals surface area contributed by atoms with E-state index in [1.165, 1.54) is 33.7 Å². The van der Waals surface area contributed by atoms with E-state index in [4.69, 9.17) is 5.73 Å². The molecule has 0 spiro atoms. The molecule has 1 aliphatic heterocycles. The van der Waals surface area contributed by atoms with E-state index in [1.54, 1.807) is 32.9 Å². The average molecular weight is 575 g/mol. The van der Waals surface area contributed by atoms with Crippen LogP contribution >= 0.6 is 21.6 Å². The molecule has 5 atom stereocenters. The number of aromatic hydroxyl groups is 1. The van der Waals surface area contributed by atoms with Gasteiger partial charge in [-0.25, -0.2) is 4.79 Å². The zero-order valence-corrected chi connectivity index (χ0v) is 23.6. The van der Waals surface area contributed by atoms with Gasteiger partial charge >= 0.3 is 5.97 Å². The molecule has 1 saturated heterocycles. The van der Waals surface area contributed by atoms with Crippen LogP contribution in [0.25, 0.3) is 0 Å². The lowest BCUT2D eigenvalue weighted by Crippen LogP contribution is -2.60. The first-order chi connectivity index (χ1) is 18.4. The van der Waals surface area contributed by atoms with Gasteiger partial charge in [0.05, 0.1) is 10.8 Å². The smallest absolute Gasteiger partial charge is 0.327 e. The van der Waals surface area contributed by atoms with Gasteiger partial charge < -0.3 is 31.9 Å². The van der Waals surface area contributed by atoms with Gasteiger partial charge in [-0.2, -0.15) is 0 Å². The minimum Gasteiger partial charge on any atom is -0.508 e. The van der Waals surface area contributed by atoms with Crippen molar-refractivity contribution < 1.29 is 29.4 Å². The number of rotatable bonds is 7. The highest BCUT2D eigenvalue weighted by Crippen LogP contribution is 2.39. The van der Waals surface area contributed by atoms with Crippen molar-refractivity contribution >= 4 is 45.3 Å². The van der Waals surface area contributed by atoms with E-state index < -0.39 is 58.5 Å². The quantitative estimate of drug-likeness (QED) is 0.270. The number of benzene rings is 2. The van der Waals surface area contributed by atoms with Gasteiger partial charge in [0, 0.05) is 11.7 Å². The molecule has 0 radical (unpaired) electrons. The zero-order valence-electron chi connectivity index (χ0n) is 21.9. The Hall–Kier alpha value is -3.22. The Morgan fingerprint density at radius 1 is 1.08 bits per heavy atom. The van der Waals surface area contributed by atoms with Gasteiger partial charge in [0.2, 0.25) is 17.7 Å². The Bertz CT molecular complexity index is 1180. The molecule has 3 amide bonds. The summed E-state index contributed by atoms with van der Waals surface area (Å²) in [6.45, 7) is 5.17. The fraction of sp³-hybridized carbons (Fsp3) is 0.407. The second-order valence-corrected chi connectivity index (χ2v) is 13.0. The lowest BCUT2D eigenvalue weighted by atomic mass is 9.91. The highest BCUT2D eigenvalue weighted by Gasteiger charge is 2.41. The number of carbonyl (C=O) groups excluding carboxylic acids is 3. The average Bonchev–Trinajstić information content (AvgIpc) is 2.91. The molecule has 3 rings (SSSR count). The summed E-state index contributed by atoms with van der Waals surface area (Å²) in [4.78, 5) is 52.0. The molecule has 0 bridgehead atoms. The molecular formula is C27H34N4O6S2. The number of phenols is 1. The van der Waals surface area contributed by atoms with Crippen molar-refractivity contribution in [3.63, 3.8) is 0 Å². The molecule has 1 aliphatic rings. The summed E-state index contributed by atoms with van der Waals surface area (Å²) in [5.41, 5.74) is 7.64. The maximum absolute atomic E-state index is 13.5. The first-order valence-corrected chi connectivity index (χ1v) is 14.7. The molecular weight excluding hydrogens is 540 g/mol. The minimum atomic E-state index is -1.23. The highest BCUT2D eigenvalue weighted by atomic mass is 33.1. The van der Waals surface area contributed by atoms with Gasteiger partial charge in [-0.1, -0.05) is 71.0 Å². The highest BCUT2D eigenvalue weighted by molar-refractivity contribution is 8.77. The van der Waals surface area contributed by atoms with Crippen molar-refractivity contribution in [2.75, 3.05) is 5.75 Å². The van der Waals surface area contributed by atoms with Crippen LogP contribution in [0.1, 0.15) is 37.8 Å². The Morgan fingerprint density at radius 2 is 1.72 bits per heavy atom. The molecule has 2 aromatic rings. The topological polar surface area (TPSA) is 171 Å². The van der Waals surface area contributed by atoms with Crippen LogP contribution in [0.4, 0.5) is 0 Å². The van der Waals surface area contributed by atoms with Crippen molar-refractivity contribution in [2.45, 2.75) is 62.0 Å². The van der Waals surface area contributed by atoms with Crippen LogP contribution < -0.4 is 21.7 Å². The molecule has 7 N–H and O–H groups in total. The van der Waals surface area contributed by atoms with Gasteiger partial charge in [0.1, 0.15) is 23.9 Å². The number of hydrogen-bond donors (Lipinski definition) is 6. The van der Waals surface area contributed by atoms with E-state index in [0.29, 0.717) is 0 Å². The number of aliphatic carboxylic acids is 1. The number of amides is 3. The van der Waals surface area contributed by atoms with Crippen LogP contribution in [0, 0.1) is 0 Å². The molecule has 1 unspecified atom stereocenters. The van der Waals surface area contributed by atoms with E-state index in [9.17, 15) is 29.4 Å². The third-order valence-corrected chi connectivity index (χ3v) is 9.81. The number of hydrogen-bond acceptors (Lipinski definition) is 8. The van der Waals surface area contributed by atoms with Crippen LogP contribution in [-0.2, 0) is 25.6 Å². The predicted octanol–water partition coefficient (Wildman–Crippen LogP) is 1.78. The van der Waals surface area contributed by atoms with Crippen LogP contribution in [0.15, 0.2) is 54.6 Å². The molecule has 10 nitrogen and oxygen atoms in total. The number of carbonyl (C=O) groups is 4. The summed E-state index contributed by atoms with van der Waals surface area (Å²) in [5.74, 6) is -3.25. The normalized spacial score (nSPS) is 23.3. The van der Waals surface area contributed by atoms with Gasteiger partial charge in [-0.3, -0.25) is 14.4 Å². The molecule has 0 saturated carbocycles. The van der Waals surface area contributed by atoms with E-state index in [0.717, 1.165) is 11.1 Å². The number of carboxylic acid groups (broad SMARTS) is 1. The van der Waals surface area contributed by atoms with Crippen molar-refractivity contribution in [1.29, 1.82) is 0 Å². The van der Waals surface area contributed by atoms with Crippen LogP contribution in [0.2, 0.25) is 0 Å². The summed E-state index contributed by atoms with van der Waals surface area (Å²) >= 11 is 0. The molecule has 0 aliphatic carbocycles. The van der Waals surface area contributed by atoms with Crippen molar-refractivity contribution in [3.05, 3.63) is 65.7 Å². The molecule has 210 valence electrons. The molecule has 1 fully saturated rings. The molecule has 39 heavy (non-hydrogen) atoms. The number of nitrogens with one attached hydrogen (secondary N) is 3. The Morgan fingerprint density at radius 3 is 2.33 bits per heavy atom. The monoisotopic (exact) mass is 574 g/mol. The van der Waals surface area contributed by atoms with Gasteiger partial charge in [0.25, 0.3) is 0 Å². The van der Waals surface area contributed by atoms with E-state index in [-0.39, 0.29) is 17.9 Å². The fourth-order valence-corrected chi connectivity index (χ4v) is 6.94. The minimum absolute atomic E-state index is 0.0942. The van der Waals surface area contributed by atoms with Crippen LogP contribution in [-0.4, -0.2) is 68.6 Å². The lowest BCUT2D eigenvalue weighted by Gasteiger charge is -2.32. The molecule has 1 heterocycles. The second kappa shape index (κ2) is 13.2. The lowest BCUT2D eigenvalue weighted by molar-refractivity contribution is -0.143. The largest absolute Gasteiger partial charge is 0.508 e. The van der Waals surface area contributed by atoms with Gasteiger partial charge in [-0.05, 0) is 43.5 Å². The number of nitrogens with two attached hydrogens (primary N) is 1. The number of carboxylic acids is 1. The summed E-state index contributed by atoms with van der Waals surface area (Å²) < 4.78 is -0.941. The maximum atomic E-state index is 13.5. The third-order valence-electron chi connectivity index (χ3n) is 6.50. The van der Waals surface area contributed by atoms with E-state index >= 15 is 0 Å². The van der Waals surface area contributed by atoms with Crippen molar-refractivity contribution in [3.8, 4) is 5.75 Å². The number of phenolic OH excluding ortho intramolecular Hbond substituents is 1. The first-order valence-electron chi connectivity index (χ1n) is 12.4. The summed E-state index contributed by atoms with van der Waals surface area (Å²) in [7, 11) is 2.44. The fourth-order valence-electron chi connectivity index (χ4n) is 4.13. The van der Waals surface area contributed by atoms with Gasteiger partial charge in [0.15, 0.2) is 0 Å². The molecule has 0 aromatic heterocycles. The van der Waals surface area contributed by atoms with Gasteiger partial charge in [-0.15, -0.1) is 0 Å². The summed E-state index contributed by atoms with van der Waals surface area (Å²) in [6, 6.07) is 11.1. The molecule has 2 aromatic carbocycles. The standard InChI is InChI=1S/C27H34N4O6S2/c1-15(17-7-5-4-6-8-17)21-25(35)31-22(26(36)37)27(2,3)39-38-14-20(24(34)30-21)29-23(33)19(28)13-16-9-11-18(32)12-10-16/h4-12,15,19-22,32H,13-14,28H2,1-3H3,(H,29,33)(H,30,34)(H,31,35)(H,36,37)/t15-,19-,20?,21+,22-/m0/s1. The van der Waals surface area contributed by atoms with Crippen LogP contribution in [0.3, 0.4) is 0 Å². The Labute approximate surface area is 235 Å².